The van der Waals surface area contributed by atoms with Crippen molar-refractivity contribution in [3.8, 4) is 0 Å². The maximum absolute atomic E-state index is 10.4. The summed E-state index contributed by atoms with van der Waals surface area (Å²) in [7, 11) is 0. The van der Waals surface area contributed by atoms with Gasteiger partial charge in [0, 0.05) is 12.4 Å². The summed E-state index contributed by atoms with van der Waals surface area (Å²) in [6.07, 6.45) is 3.04. The number of aromatic nitrogens is 3. The average molecular weight is 232 g/mol. The first kappa shape index (κ1) is 12.4. The summed E-state index contributed by atoms with van der Waals surface area (Å²) in [5, 5.41) is 0. The minimum Gasteiger partial charge on any atom is -0.384 e. The van der Waals surface area contributed by atoms with E-state index in [9.17, 15) is 4.79 Å². The van der Waals surface area contributed by atoms with Crippen LogP contribution in [-0.4, -0.2) is 20.9 Å². The molecule has 0 aliphatic carbocycles. The van der Waals surface area contributed by atoms with Gasteiger partial charge in [0.25, 0.3) is 5.91 Å². The van der Waals surface area contributed by atoms with Crippen LogP contribution in [0.5, 0.6) is 0 Å². The fourth-order valence-electron chi connectivity index (χ4n) is 0.867. The van der Waals surface area contributed by atoms with Crippen molar-refractivity contribution in [1.29, 1.82) is 0 Å². The van der Waals surface area contributed by atoms with E-state index in [2.05, 4.69) is 15.0 Å². The highest BCUT2D eigenvalue weighted by Gasteiger charge is 2.01. The molecule has 0 saturated heterocycles. The number of amides is 1. The lowest BCUT2D eigenvalue weighted by Gasteiger charge is -1.92. The van der Waals surface area contributed by atoms with Crippen molar-refractivity contribution >= 4 is 17.5 Å². The Hall–Kier alpha value is -2.70. The number of anilines is 2. The highest BCUT2D eigenvalue weighted by molar-refractivity contribution is 5.88. The van der Waals surface area contributed by atoms with Crippen LogP contribution in [0.1, 0.15) is 10.6 Å². The van der Waals surface area contributed by atoms with Crippen LogP contribution in [0.15, 0.2) is 36.7 Å². The van der Waals surface area contributed by atoms with Crippen molar-refractivity contribution in [3.05, 3.63) is 42.5 Å². The molecule has 2 aromatic heterocycles. The second-order valence-electron chi connectivity index (χ2n) is 2.92. The maximum atomic E-state index is 10.4. The molecule has 0 aromatic carbocycles. The van der Waals surface area contributed by atoms with Crippen molar-refractivity contribution < 1.29 is 4.79 Å². The normalized spacial score (nSPS) is 8.94. The molecule has 17 heavy (non-hydrogen) atoms. The first-order valence-corrected chi connectivity index (χ1v) is 4.64. The van der Waals surface area contributed by atoms with Gasteiger partial charge in [-0.25, -0.2) is 15.0 Å². The van der Waals surface area contributed by atoms with E-state index in [1.165, 1.54) is 12.3 Å². The van der Waals surface area contributed by atoms with Gasteiger partial charge in [-0.1, -0.05) is 6.07 Å². The molecular weight excluding hydrogens is 220 g/mol. The van der Waals surface area contributed by atoms with E-state index >= 15 is 0 Å². The van der Waals surface area contributed by atoms with Crippen LogP contribution in [0.4, 0.5) is 11.6 Å². The molecule has 0 atom stereocenters. The second-order valence-corrected chi connectivity index (χ2v) is 2.92. The molecule has 6 N–H and O–H groups in total. The number of nitrogen functional groups attached to an aromatic ring is 2. The van der Waals surface area contributed by atoms with Gasteiger partial charge in [0.1, 0.15) is 11.6 Å². The van der Waals surface area contributed by atoms with Crippen LogP contribution < -0.4 is 17.2 Å². The standard InChI is InChI=1S/C5H6N4O.C5H6N2/c6-3-1-2-8-5(9-3)4(7)10;6-5-3-1-2-4-7-5/h1-2H,(H2,7,10)(H2,6,8,9);1-4H,(H2,6,7). The van der Waals surface area contributed by atoms with Gasteiger partial charge in [-0.15, -0.1) is 0 Å². The summed E-state index contributed by atoms with van der Waals surface area (Å²) in [6, 6.07) is 6.91. The molecule has 7 nitrogen and oxygen atoms in total. The second kappa shape index (κ2) is 6.01. The van der Waals surface area contributed by atoms with E-state index in [0.29, 0.717) is 5.82 Å². The number of rotatable bonds is 1. The molecule has 0 bridgehead atoms. The molecule has 7 heteroatoms. The van der Waals surface area contributed by atoms with Gasteiger partial charge in [0.2, 0.25) is 5.82 Å². The van der Waals surface area contributed by atoms with E-state index in [0.717, 1.165) is 0 Å². The largest absolute Gasteiger partial charge is 0.384 e. The molecule has 1 amide bonds. The number of nitrogens with zero attached hydrogens (tertiary/aromatic N) is 3. The Bertz CT molecular complexity index is 487. The van der Waals surface area contributed by atoms with Gasteiger partial charge in [-0.05, 0) is 18.2 Å². The number of hydrogen-bond acceptors (Lipinski definition) is 6. The zero-order valence-electron chi connectivity index (χ0n) is 8.95. The molecule has 0 unspecified atom stereocenters. The van der Waals surface area contributed by atoms with E-state index < -0.39 is 5.91 Å². The molecule has 0 fully saturated rings. The Morgan fingerprint density at radius 1 is 1.00 bits per heavy atom. The number of nitrogens with two attached hydrogens (primary N) is 3. The Labute approximate surface area is 97.7 Å². The number of hydrogen-bond donors (Lipinski definition) is 3. The number of pyridine rings is 1. The number of primary amides is 1. The van der Waals surface area contributed by atoms with Crippen LogP contribution in [0, 0.1) is 0 Å². The smallest absolute Gasteiger partial charge is 0.286 e. The first-order valence-electron chi connectivity index (χ1n) is 4.64. The zero-order valence-corrected chi connectivity index (χ0v) is 8.95. The number of carbonyl (C=O) groups is 1. The van der Waals surface area contributed by atoms with Gasteiger partial charge in [-0.2, -0.15) is 0 Å². The minimum absolute atomic E-state index is 0.0556. The number of carbonyl (C=O) groups excluding carboxylic acids is 1. The molecule has 0 saturated carbocycles. The maximum Gasteiger partial charge on any atom is 0.286 e. The lowest BCUT2D eigenvalue weighted by molar-refractivity contribution is 0.0990. The first-order chi connectivity index (χ1) is 8.09. The minimum atomic E-state index is -0.674. The fourth-order valence-corrected chi connectivity index (χ4v) is 0.867. The van der Waals surface area contributed by atoms with Gasteiger partial charge in [0.15, 0.2) is 0 Å². The van der Waals surface area contributed by atoms with E-state index in [1.54, 1.807) is 12.3 Å². The van der Waals surface area contributed by atoms with Crippen LogP contribution in [0.2, 0.25) is 0 Å². The Kier molecular flexibility index (Phi) is 4.37. The quantitative estimate of drug-likeness (QED) is 0.624. The predicted octanol–water partition coefficient (Wildman–Crippen LogP) is -0.179. The summed E-state index contributed by atoms with van der Waals surface area (Å²) in [5.41, 5.74) is 15.3. The lowest BCUT2D eigenvalue weighted by atomic mass is 10.5. The van der Waals surface area contributed by atoms with Crippen molar-refractivity contribution in [1.82, 2.24) is 15.0 Å². The predicted molar refractivity (Wildman–Crippen MR) is 63.6 cm³/mol. The summed E-state index contributed by atoms with van der Waals surface area (Å²) in [6.45, 7) is 0. The summed E-state index contributed by atoms with van der Waals surface area (Å²) < 4.78 is 0. The molecule has 2 aromatic rings. The molecule has 0 radical (unpaired) electrons. The monoisotopic (exact) mass is 232 g/mol. The SMILES string of the molecule is NC(=O)c1nccc(N)n1.Nc1ccccn1. The summed E-state index contributed by atoms with van der Waals surface area (Å²) >= 11 is 0. The molecule has 0 spiro atoms. The van der Waals surface area contributed by atoms with E-state index in [-0.39, 0.29) is 11.6 Å². The molecule has 0 aliphatic heterocycles. The fraction of sp³-hybridized carbons (Fsp3) is 0. The summed E-state index contributed by atoms with van der Waals surface area (Å²) in [4.78, 5) is 21.3. The molecule has 2 rings (SSSR count). The Morgan fingerprint density at radius 2 is 1.76 bits per heavy atom. The highest BCUT2D eigenvalue weighted by Crippen LogP contribution is 1.93. The van der Waals surface area contributed by atoms with Crippen LogP contribution in [0.25, 0.3) is 0 Å². The van der Waals surface area contributed by atoms with Crippen molar-refractivity contribution in [2.75, 3.05) is 11.5 Å². The Morgan fingerprint density at radius 3 is 2.12 bits per heavy atom. The summed E-state index contributed by atoms with van der Waals surface area (Å²) in [5.74, 6) is 0.0820. The third-order valence-electron chi connectivity index (χ3n) is 1.59. The van der Waals surface area contributed by atoms with E-state index in [4.69, 9.17) is 17.2 Å². The third kappa shape index (κ3) is 4.56. The van der Waals surface area contributed by atoms with Gasteiger partial charge < -0.3 is 17.2 Å². The van der Waals surface area contributed by atoms with Crippen LogP contribution in [0.3, 0.4) is 0 Å². The Balaban J connectivity index is 0.000000181. The highest BCUT2D eigenvalue weighted by atomic mass is 16.1. The average Bonchev–Trinajstić information content (AvgIpc) is 2.31. The molecule has 88 valence electrons. The topological polar surface area (TPSA) is 134 Å². The van der Waals surface area contributed by atoms with Crippen molar-refractivity contribution in [2.45, 2.75) is 0 Å². The van der Waals surface area contributed by atoms with Crippen molar-refractivity contribution in [2.24, 2.45) is 5.73 Å². The van der Waals surface area contributed by atoms with Gasteiger partial charge in [-0.3, -0.25) is 4.79 Å². The molecular formula is C10H12N6O. The van der Waals surface area contributed by atoms with E-state index in [1.807, 2.05) is 12.1 Å². The van der Waals surface area contributed by atoms with Crippen LogP contribution >= 0.6 is 0 Å². The third-order valence-corrected chi connectivity index (χ3v) is 1.59. The molecule has 0 aliphatic rings. The van der Waals surface area contributed by atoms with Crippen molar-refractivity contribution in [3.63, 3.8) is 0 Å². The van der Waals surface area contributed by atoms with Gasteiger partial charge >= 0.3 is 0 Å². The zero-order chi connectivity index (χ0) is 12.7. The van der Waals surface area contributed by atoms with Crippen LogP contribution in [-0.2, 0) is 0 Å². The molecule has 2 heterocycles. The van der Waals surface area contributed by atoms with Gasteiger partial charge in [0.05, 0.1) is 0 Å². The lowest BCUT2D eigenvalue weighted by Crippen LogP contribution is -2.15.